The SMILES string of the molecule is Cc1ccc2ccccc2c1C(=O)[O-].Cc1ccc2ccccc2c1C(=O)[O-].Cc1ccc2ccccc2c1C(=O)[O-].[Al+3]. The molecule has 0 aliphatic carbocycles. The molecule has 0 heterocycles. The van der Waals surface area contributed by atoms with Crippen molar-refractivity contribution in [2.24, 2.45) is 0 Å². The fourth-order valence-corrected chi connectivity index (χ4v) is 4.95. The van der Waals surface area contributed by atoms with Crippen molar-refractivity contribution in [2.75, 3.05) is 0 Å². The van der Waals surface area contributed by atoms with Gasteiger partial charge >= 0.3 is 17.4 Å². The fourth-order valence-electron chi connectivity index (χ4n) is 4.95. The first kappa shape index (κ1) is 32.6. The predicted octanol–water partition coefficient (Wildman–Crippen LogP) is 4.15. The van der Waals surface area contributed by atoms with E-state index in [1.807, 2.05) is 72.8 Å². The molecule has 43 heavy (non-hydrogen) atoms. The van der Waals surface area contributed by atoms with Crippen molar-refractivity contribution in [3.63, 3.8) is 0 Å². The Morgan fingerprint density at radius 1 is 0.395 bits per heavy atom. The third-order valence-electron chi connectivity index (χ3n) is 7.02. The van der Waals surface area contributed by atoms with Gasteiger partial charge < -0.3 is 29.7 Å². The second-order valence-electron chi connectivity index (χ2n) is 9.80. The number of aryl methyl sites for hydroxylation is 3. The smallest absolute Gasteiger partial charge is 0.545 e. The Morgan fingerprint density at radius 2 is 0.628 bits per heavy atom. The van der Waals surface area contributed by atoms with Crippen LogP contribution in [-0.2, 0) is 0 Å². The van der Waals surface area contributed by atoms with Gasteiger partial charge in [-0.1, -0.05) is 109 Å². The number of carbonyl (C=O) groups is 3. The van der Waals surface area contributed by atoms with Crippen LogP contribution in [0.4, 0.5) is 0 Å². The Balaban J connectivity index is 0.000000175. The van der Waals surface area contributed by atoms with Crippen LogP contribution in [0.25, 0.3) is 32.3 Å². The summed E-state index contributed by atoms with van der Waals surface area (Å²) in [6.45, 7) is 5.33. The molecule has 7 heteroatoms. The van der Waals surface area contributed by atoms with Gasteiger partial charge in [0, 0.05) is 16.7 Å². The molecule has 0 amide bonds. The van der Waals surface area contributed by atoms with Crippen molar-refractivity contribution >= 4 is 67.6 Å². The first-order valence-corrected chi connectivity index (χ1v) is 13.2. The molecule has 0 aromatic heterocycles. The summed E-state index contributed by atoms with van der Waals surface area (Å²) in [7, 11) is 0. The molecule has 0 fully saturated rings. The number of carboxylic acid groups (broad SMARTS) is 3. The monoisotopic (exact) mass is 582 g/mol. The van der Waals surface area contributed by atoms with Gasteiger partial charge in [-0.05, 0) is 69.8 Å². The van der Waals surface area contributed by atoms with Crippen LogP contribution in [0.15, 0.2) is 109 Å². The van der Waals surface area contributed by atoms with Gasteiger partial charge in [0.2, 0.25) is 0 Å². The Morgan fingerprint density at radius 3 is 0.860 bits per heavy atom. The van der Waals surface area contributed by atoms with Gasteiger partial charge in [-0.25, -0.2) is 0 Å². The molecular formula is C36H27AlO6. The number of aromatic carboxylic acids is 3. The van der Waals surface area contributed by atoms with Gasteiger partial charge in [0.1, 0.15) is 0 Å². The zero-order chi connectivity index (χ0) is 30.4. The van der Waals surface area contributed by atoms with Crippen LogP contribution < -0.4 is 15.3 Å². The Bertz CT molecular complexity index is 1740. The average Bonchev–Trinajstić information content (AvgIpc) is 2.97. The molecule has 0 bridgehead atoms. The Kier molecular flexibility index (Phi) is 10.8. The number of carboxylic acids is 3. The van der Waals surface area contributed by atoms with Crippen LogP contribution in [0, 0.1) is 20.8 Å². The van der Waals surface area contributed by atoms with E-state index in [0.717, 1.165) is 49.0 Å². The molecule has 6 nitrogen and oxygen atoms in total. The molecule has 6 aromatic rings. The normalized spacial score (nSPS) is 10.1. The second-order valence-corrected chi connectivity index (χ2v) is 9.80. The first-order chi connectivity index (χ1) is 20.1. The van der Waals surface area contributed by atoms with Crippen LogP contribution in [0.5, 0.6) is 0 Å². The Hall–Kier alpha value is -4.96. The molecule has 0 N–H and O–H groups in total. The van der Waals surface area contributed by atoms with Gasteiger partial charge in [-0.3, -0.25) is 0 Å². The van der Waals surface area contributed by atoms with Crippen molar-refractivity contribution in [2.45, 2.75) is 20.8 Å². The van der Waals surface area contributed by atoms with Crippen molar-refractivity contribution in [3.05, 3.63) is 143 Å². The first-order valence-electron chi connectivity index (χ1n) is 13.2. The van der Waals surface area contributed by atoms with E-state index in [0.29, 0.717) is 16.7 Å². The average molecular weight is 583 g/mol. The van der Waals surface area contributed by atoms with Crippen molar-refractivity contribution in [1.29, 1.82) is 0 Å². The number of fused-ring (bicyclic) bond motifs is 3. The minimum Gasteiger partial charge on any atom is -0.545 e. The molecule has 0 atom stereocenters. The van der Waals surface area contributed by atoms with Gasteiger partial charge in [0.05, 0.1) is 17.9 Å². The quantitative estimate of drug-likeness (QED) is 0.289. The molecule has 0 unspecified atom stereocenters. The molecule has 6 rings (SSSR count). The van der Waals surface area contributed by atoms with Crippen LogP contribution in [-0.4, -0.2) is 35.3 Å². The van der Waals surface area contributed by atoms with Gasteiger partial charge in [-0.2, -0.15) is 0 Å². The van der Waals surface area contributed by atoms with E-state index in [4.69, 9.17) is 0 Å². The summed E-state index contributed by atoms with van der Waals surface area (Å²) in [5, 5.41) is 37.8. The van der Waals surface area contributed by atoms with E-state index >= 15 is 0 Å². The molecule has 0 spiro atoms. The molecular weight excluding hydrogens is 555 g/mol. The van der Waals surface area contributed by atoms with Gasteiger partial charge in [0.25, 0.3) is 0 Å². The summed E-state index contributed by atoms with van der Waals surface area (Å²) in [5.41, 5.74) is 3.10. The number of rotatable bonds is 3. The fraction of sp³-hybridized carbons (Fsp3) is 0.0833. The van der Waals surface area contributed by atoms with Crippen molar-refractivity contribution in [1.82, 2.24) is 0 Å². The minimum absolute atomic E-state index is 0. The van der Waals surface area contributed by atoms with Crippen LogP contribution >= 0.6 is 0 Å². The Labute approximate surface area is 260 Å². The molecule has 0 aliphatic heterocycles. The van der Waals surface area contributed by atoms with Crippen LogP contribution in [0.1, 0.15) is 47.8 Å². The van der Waals surface area contributed by atoms with Crippen molar-refractivity contribution < 1.29 is 29.7 Å². The van der Waals surface area contributed by atoms with E-state index in [1.165, 1.54) is 0 Å². The van der Waals surface area contributed by atoms with E-state index in [-0.39, 0.29) is 17.4 Å². The largest absolute Gasteiger partial charge is 3.00 e. The summed E-state index contributed by atoms with van der Waals surface area (Å²) in [5.74, 6) is -3.34. The third-order valence-corrected chi connectivity index (χ3v) is 7.02. The van der Waals surface area contributed by atoms with Crippen molar-refractivity contribution in [3.8, 4) is 0 Å². The molecule has 0 saturated heterocycles. The standard InChI is InChI=1S/3C12H10O2.Al/c3*1-8-6-7-9-4-2-3-5-10(9)11(8)12(13)14;/h3*2-7H,1H3,(H,13,14);/q;;;+3/p-3. The molecule has 0 aliphatic rings. The molecule has 0 saturated carbocycles. The zero-order valence-electron chi connectivity index (χ0n) is 23.9. The minimum atomic E-state index is -1.11. The van der Waals surface area contributed by atoms with E-state index in [2.05, 4.69) is 0 Å². The topological polar surface area (TPSA) is 120 Å². The zero-order valence-corrected chi connectivity index (χ0v) is 25.1. The van der Waals surface area contributed by atoms with Crippen LogP contribution in [0.3, 0.4) is 0 Å². The molecule has 0 radical (unpaired) electrons. The number of hydrogen-bond donors (Lipinski definition) is 0. The van der Waals surface area contributed by atoms with Gasteiger partial charge in [0.15, 0.2) is 0 Å². The summed E-state index contributed by atoms with van der Waals surface area (Å²) in [4.78, 5) is 32.8. The maximum absolute atomic E-state index is 10.9. The molecule has 210 valence electrons. The summed E-state index contributed by atoms with van der Waals surface area (Å²) < 4.78 is 0. The predicted molar refractivity (Wildman–Crippen MR) is 165 cm³/mol. The van der Waals surface area contributed by atoms with E-state index < -0.39 is 17.9 Å². The summed E-state index contributed by atoms with van der Waals surface area (Å²) in [6, 6.07) is 33.3. The van der Waals surface area contributed by atoms with Gasteiger partial charge in [-0.15, -0.1) is 0 Å². The summed E-state index contributed by atoms with van der Waals surface area (Å²) >= 11 is 0. The number of carbonyl (C=O) groups excluding carboxylic acids is 3. The maximum atomic E-state index is 10.9. The van der Waals surface area contributed by atoms with E-state index in [1.54, 1.807) is 57.2 Å². The summed E-state index contributed by atoms with van der Waals surface area (Å²) in [6.07, 6.45) is 0. The number of hydrogen-bond acceptors (Lipinski definition) is 6. The third kappa shape index (κ3) is 7.28. The second kappa shape index (κ2) is 14.3. The van der Waals surface area contributed by atoms with E-state index in [9.17, 15) is 29.7 Å². The molecule has 6 aromatic carbocycles. The van der Waals surface area contributed by atoms with Crippen LogP contribution in [0.2, 0.25) is 0 Å². The number of benzene rings is 6. The maximum Gasteiger partial charge on any atom is 3.00 e.